The van der Waals surface area contributed by atoms with Crippen LogP contribution in [0.5, 0.6) is 5.75 Å². The molecule has 0 atom stereocenters. The molecular formula is C17H12Cl3N3O5S. The van der Waals surface area contributed by atoms with Crippen molar-refractivity contribution in [1.82, 2.24) is 9.19 Å². The summed E-state index contributed by atoms with van der Waals surface area (Å²) in [4.78, 5) is 11.3. The van der Waals surface area contributed by atoms with Crippen molar-refractivity contribution in [3.63, 3.8) is 0 Å². The van der Waals surface area contributed by atoms with Crippen LogP contribution >= 0.6 is 34.8 Å². The number of rotatable bonds is 5. The van der Waals surface area contributed by atoms with E-state index in [1.807, 2.05) is 0 Å². The van der Waals surface area contributed by atoms with Gasteiger partial charge in [-0.1, -0.05) is 34.8 Å². The van der Waals surface area contributed by atoms with Crippen molar-refractivity contribution in [3.05, 3.63) is 57.2 Å². The maximum absolute atomic E-state index is 13.1. The molecule has 12 heteroatoms. The number of anilines is 1. The Morgan fingerprint density at radius 1 is 1.14 bits per heavy atom. The normalized spacial score (nSPS) is 11.4. The summed E-state index contributed by atoms with van der Waals surface area (Å²) in [6.45, 7) is 0. The first-order valence-corrected chi connectivity index (χ1v) is 10.3. The summed E-state index contributed by atoms with van der Waals surface area (Å²) in [5.74, 6) is -1.34. The lowest BCUT2D eigenvalue weighted by Gasteiger charge is -2.12. The number of carboxylic acid groups (broad SMARTS) is 1. The van der Waals surface area contributed by atoms with Crippen LogP contribution in [0, 0.1) is 0 Å². The van der Waals surface area contributed by atoms with Gasteiger partial charge in [-0.25, -0.2) is 4.79 Å². The molecule has 8 nitrogen and oxygen atoms in total. The molecule has 0 saturated carbocycles. The number of aromatic carboxylic acids is 1. The SMILES string of the molecule is COc1c(Cl)cc(-c2c(Cl)c(C(=O)O)nn2S(=O)(=O)c2ccc(N)cc2)cc1Cl. The van der Waals surface area contributed by atoms with Crippen LogP contribution in [0.15, 0.2) is 41.3 Å². The van der Waals surface area contributed by atoms with Gasteiger partial charge in [-0.05, 0) is 36.4 Å². The van der Waals surface area contributed by atoms with Crippen LogP contribution in [0.3, 0.4) is 0 Å². The number of nitrogens with two attached hydrogens (primary N) is 1. The number of ether oxygens (including phenoxy) is 1. The summed E-state index contributed by atoms with van der Waals surface area (Å²) in [5, 5.41) is 12.8. The standard InChI is InChI=1S/C17H12Cl3N3O5S/c1-28-16-11(18)6-8(7-12(16)19)15-13(20)14(17(24)25)22-23(15)29(26,27)10-4-2-9(21)3-5-10/h2-7H,21H2,1H3,(H,24,25). The Morgan fingerprint density at radius 3 is 2.17 bits per heavy atom. The van der Waals surface area contributed by atoms with Crippen LogP contribution in [0.4, 0.5) is 5.69 Å². The highest BCUT2D eigenvalue weighted by Crippen LogP contribution is 2.41. The Bertz CT molecular complexity index is 1200. The predicted molar refractivity (Wildman–Crippen MR) is 110 cm³/mol. The molecule has 3 rings (SSSR count). The summed E-state index contributed by atoms with van der Waals surface area (Å²) >= 11 is 18.5. The Morgan fingerprint density at radius 2 is 1.69 bits per heavy atom. The number of halogens is 3. The van der Waals surface area contributed by atoms with Crippen LogP contribution in [0.2, 0.25) is 15.1 Å². The number of benzene rings is 2. The van der Waals surface area contributed by atoms with E-state index in [1.54, 1.807) is 0 Å². The highest BCUT2D eigenvalue weighted by molar-refractivity contribution is 7.90. The molecule has 0 unspecified atom stereocenters. The summed E-state index contributed by atoms with van der Waals surface area (Å²) in [6, 6.07) is 7.98. The lowest BCUT2D eigenvalue weighted by molar-refractivity contribution is 0.0690. The van der Waals surface area contributed by atoms with Gasteiger partial charge in [-0.3, -0.25) is 0 Å². The monoisotopic (exact) mass is 475 g/mol. The van der Waals surface area contributed by atoms with Gasteiger partial charge < -0.3 is 15.6 Å². The molecule has 3 N–H and O–H groups in total. The Balaban J connectivity index is 2.34. The Labute approximate surface area is 180 Å². The third-order valence-corrected chi connectivity index (χ3v) is 6.39. The largest absolute Gasteiger partial charge is 0.494 e. The van der Waals surface area contributed by atoms with E-state index in [1.165, 1.54) is 43.5 Å². The van der Waals surface area contributed by atoms with Crippen molar-refractivity contribution in [3.8, 4) is 17.0 Å². The van der Waals surface area contributed by atoms with Crippen LogP contribution in [-0.2, 0) is 10.0 Å². The lowest BCUT2D eigenvalue weighted by atomic mass is 10.1. The number of methoxy groups -OCH3 is 1. The average molecular weight is 477 g/mol. The fraction of sp³-hybridized carbons (Fsp3) is 0.0588. The summed E-state index contributed by atoms with van der Waals surface area (Å²) < 4.78 is 31.9. The van der Waals surface area contributed by atoms with Crippen molar-refractivity contribution in [2.75, 3.05) is 12.8 Å². The highest BCUT2D eigenvalue weighted by atomic mass is 35.5. The van der Waals surface area contributed by atoms with Gasteiger partial charge in [0.25, 0.3) is 10.0 Å². The number of hydrogen-bond donors (Lipinski definition) is 2. The third-order valence-electron chi connectivity index (χ3n) is 3.88. The molecule has 1 aromatic heterocycles. The Hall–Kier alpha value is -2.46. The number of aromatic nitrogens is 2. The first-order chi connectivity index (χ1) is 13.6. The maximum Gasteiger partial charge on any atom is 0.358 e. The predicted octanol–water partition coefficient (Wildman–Crippen LogP) is 4.04. The van der Waals surface area contributed by atoms with Gasteiger partial charge in [0, 0.05) is 11.3 Å². The van der Waals surface area contributed by atoms with E-state index in [2.05, 4.69) is 5.10 Å². The van der Waals surface area contributed by atoms with Crippen molar-refractivity contribution >= 4 is 56.5 Å². The topological polar surface area (TPSA) is 125 Å². The number of hydrogen-bond acceptors (Lipinski definition) is 6. The molecule has 2 aromatic carbocycles. The molecule has 0 spiro atoms. The summed E-state index contributed by atoms with van der Waals surface area (Å²) in [7, 11) is -2.97. The van der Waals surface area contributed by atoms with E-state index < -0.39 is 26.7 Å². The zero-order valence-corrected chi connectivity index (χ0v) is 17.6. The first-order valence-electron chi connectivity index (χ1n) is 7.74. The second-order valence-electron chi connectivity index (χ2n) is 5.71. The molecule has 0 aliphatic heterocycles. The molecule has 0 amide bonds. The van der Waals surface area contributed by atoms with E-state index in [0.29, 0.717) is 9.77 Å². The second-order valence-corrected chi connectivity index (χ2v) is 8.67. The maximum atomic E-state index is 13.1. The van der Waals surface area contributed by atoms with Gasteiger partial charge >= 0.3 is 5.97 Å². The molecular weight excluding hydrogens is 465 g/mol. The zero-order chi connectivity index (χ0) is 21.5. The minimum absolute atomic E-state index is 0.0700. The molecule has 0 saturated heterocycles. The van der Waals surface area contributed by atoms with Crippen LogP contribution in [0.1, 0.15) is 10.5 Å². The van der Waals surface area contributed by atoms with Gasteiger partial charge in [-0.2, -0.15) is 12.5 Å². The van der Waals surface area contributed by atoms with Gasteiger partial charge in [0.1, 0.15) is 10.7 Å². The fourth-order valence-electron chi connectivity index (χ4n) is 2.56. The van der Waals surface area contributed by atoms with Crippen molar-refractivity contribution < 1.29 is 23.1 Å². The van der Waals surface area contributed by atoms with E-state index >= 15 is 0 Å². The van der Waals surface area contributed by atoms with Gasteiger partial charge in [0.15, 0.2) is 11.4 Å². The van der Waals surface area contributed by atoms with E-state index in [0.717, 1.165) is 0 Å². The van der Waals surface area contributed by atoms with Crippen molar-refractivity contribution in [1.29, 1.82) is 0 Å². The molecule has 0 aliphatic carbocycles. The lowest BCUT2D eigenvalue weighted by Crippen LogP contribution is -2.16. The third kappa shape index (κ3) is 3.74. The molecule has 29 heavy (non-hydrogen) atoms. The molecule has 0 aliphatic rings. The number of nitrogens with zero attached hydrogens (tertiary/aromatic N) is 2. The van der Waals surface area contributed by atoms with Crippen LogP contribution in [0.25, 0.3) is 11.3 Å². The minimum Gasteiger partial charge on any atom is -0.494 e. The fourth-order valence-corrected chi connectivity index (χ4v) is 4.87. The van der Waals surface area contributed by atoms with Gasteiger partial charge in [0.05, 0.1) is 22.1 Å². The second kappa shape index (κ2) is 7.75. The number of carboxylic acids is 1. The van der Waals surface area contributed by atoms with Gasteiger partial charge in [0.2, 0.25) is 0 Å². The molecule has 152 valence electrons. The van der Waals surface area contributed by atoms with Crippen molar-refractivity contribution in [2.45, 2.75) is 4.90 Å². The molecule has 0 fully saturated rings. The van der Waals surface area contributed by atoms with Crippen LogP contribution < -0.4 is 10.5 Å². The highest BCUT2D eigenvalue weighted by Gasteiger charge is 2.30. The van der Waals surface area contributed by atoms with E-state index in [4.69, 9.17) is 45.3 Å². The summed E-state index contributed by atoms with van der Waals surface area (Å²) in [6.07, 6.45) is 0. The van der Waals surface area contributed by atoms with Gasteiger partial charge in [-0.15, -0.1) is 5.10 Å². The van der Waals surface area contributed by atoms with Crippen molar-refractivity contribution in [2.24, 2.45) is 0 Å². The first kappa shape index (κ1) is 21.3. The zero-order valence-electron chi connectivity index (χ0n) is 14.6. The molecule has 1 heterocycles. The molecule has 0 radical (unpaired) electrons. The smallest absolute Gasteiger partial charge is 0.358 e. The van der Waals surface area contributed by atoms with E-state index in [-0.39, 0.29) is 31.9 Å². The molecule has 3 aromatic rings. The Kier molecular flexibility index (Phi) is 5.68. The number of nitrogen functional groups attached to an aromatic ring is 1. The van der Waals surface area contributed by atoms with E-state index in [9.17, 15) is 18.3 Å². The number of carbonyl (C=O) groups is 1. The minimum atomic E-state index is -4.33. The van der Waals surface area contributed by atoms with Crippen LogP contribution in [-0.4, -0.2) is 35.8 Å². The summed E-state index contributed by atoms with van der Waals surface area (Å²) in [5.41, 5.74) is 5.22. The average Bonchev–Trinajstić information content (AvgIpc) is 3.00. The molecule has 0 bridgehead atoms. The quantitative estimate of drug-likeness (QED) is 0.532.